The van der Waals surface area contributed by atoms with Gasteiger partial charge in [-0.15, -0.1) is 22.7 Å². The first-order valence-electron chi connectivity index (χ1n) is 13.5. The zero-order valence-corrected chi connectivity index (χ0v) is 33.8. The lowest BCUT2D eigenvalue weighted by molar-refractivity contribution is 0.122. The van der Waals surface area contributed by atoms with Crippen molar-refractivity contribution in [2.24, 2.45) is 0 Å². The smallest absolute Gasteiger partial charge is 0.377 e. The van der Waals surface area contributed by atoms with Gasteiger partial charge >= 0.3 is 17.6 Å². The number of fused-ring (bicyclic) bond motifs is 2. The molecule has 0 N–H and O–H groups in total. The highest BCUT2D eigenvalue weighted by Gasteiger charge is 2.37. The first-order valence-corrected chi connectivity index (χ1v) is 26.5. The van der Waals surface area contributed by atoms with Crippen molar-refractivity contribution in [3.05, 3.63) is 47.5 Å². The quantitative estimate of drug-likeness (QED) is 0.0457. The Hall–Kier alpha value is 0.514. The molecule has 242 valence electrons. The molecule has 2 heterocycles. The molecule has 18 heteroatoms. The van der Waals surface area contributed by atoms with Crippen LogP contribution in [0.5, 0.6) is 0 Å². The lowest BCUT2D eigenvalue weighted by Gasteiger charge is -2.24. The summed E-state index contributed by atoms with van der Waals surface area (Å²) in [5, 5.41) is 0. The highest BCUT2D eigenvalue weighted by Crippen LogP contribution is 2.56. The van der Waals surface area contributed by atoms with Gasteiger partial charge in [0.25, 0.3) is 0 Å². The Morgan fingerprint density at radius 3 is 1.32 bits per heavy atom. The zero-order chi connectivity index (χ0) is 31.4. The predicted molar refractivity (Wildman–Crippen MR) is 201 cm³/mol. The van der Waals surface area contributed by atoms with E-state index in [1.54, 1.807) is 126 Å². The summed E-state index contributed by atoms with van der Waals surface area (Å²) >= 11 is 3.49. The molecule has 2 aromatic heterocycles. The fourth-order valence-electron chi connectivity index (χ4n) is 4.66. The molecule has 44 heavy (non-hydrogen) atoms. The van der Waals surface area contributed by atoms with E-state index in [-0.39, 0.29) is 0 Å². The Kier molecular flexibility index (Phi) is 16.0. The largest absolute Gasteiger partial charge is 0.500 e. The molecular weight excluding hydrogens is 749 g/mol. The predicted octanol–water partition coefficient (Wildman–Crippen LogP) is 9.92. The van der Waals surface area contributed by atoms with E-state index >= 15 is 0 Å². The Bertz CT molecular complexity index is 1330. The Morgan fingerprint density at radius 2 is 0.955 bits per heavy atom. The van der Waals surface area contributed by atoms with Gasteiger partial charge in [-0.25, -0.2) is 9.97 Å². The fourth-order valence-corrected chi connectivity index (χ4v) is 22.2. The van der Waals surface area contributed by atoms with Crippen molar-refractivity contribution >= 4 is 122 Å². The average Bonchev–Trinajstić information content (AvgIpc) is 3.68. The van der Waals surface area contributed by atoms with Crippen LogP contribution in [-0.2, 0) is 39.4 Å². The molecule has 0 fully saturated rings. The molecule has 0 atom stereocenters. The van der Waals surface area contributed by atoms with Gasteiger partial charge in [0.2, 0.25) is 0 Å². The second-order valence-electron chi connectivity index (χ2n) is 9.22. The van der Waals surface area contributed by atoms with Gasteiger partial charge in [0.15, 0.2) is 8.68 Å². The van der Waals surface area contributed by atoms with Gasteiger partial charge in [-0.05, 0) is 110 Å². The van der Waals surface area contributed by atoms with E-state index in [1.165, 1.54) is 20.5 Å². The van der Waals surface area contributed by atoms with E-state index < -0.39 is 17.6 Å². The number of benzene rings is 2. The second-order valence-corrected chi connectivity index (χ2v) is 27.2. The molecule has 0 unspecified atom stereocenters. The van der Waals surface area contributed by atoms with Crippen LogP contribution in [0.1, 0.15) is 24.0 Å². The molecule has 0 aliphatic rings. The monoisotopic (exact) mass is 784 g/mol. The highest BCUT2D eigenvalue weighted by atomic mass is 33.9. The average molecular weight is 785 g/mol. The van der Waals surface area contributed by atoms with Gasteiger partial charge in [-0.3, -0.25) is 0 Å². The minimum atomic E-state index is -2.56. The summed E-state index contributed by atoms with van der Waals surface area (Å²) in [6.07, 6.45) is 3.66. The number of hydrogen-bond acceptors (Lipinski definition) is 16. The SMILES string of the molecule is CO[Si](CCCc1cccc2sc(SSSSSSc3nc4c(CCC[Si](OC)(OC)OC)cccc4s3)nc12)(OC)OC. The summed E-state index contributed by atoms with van der Waals surface area (Å²) in [5.41, 5.74) is 4.69. The summed E-state index contributed by atoms with van der Waals surface area (Å²) in [4.78, 5) is 9.90. The van der Waals surface area contributed by atoms with E-state index in [4.69, 9.17) is 36.5 Å². The van der Waals surface area contributed by atoms with Crippen LogP contribution < -0.4 is 0 Å². The Morgan fingerprint density at radius 1 is 0.568 bits per heavy atom. The van der Waals surface area contributed by atoms with Crippen molar-refractivity contribution in [3.8, 4) is 0 Å². The maximum atomic E-state index is 5.57. The molecule has 0 aliphatic heterocycles. The molecule has 8 nitrogen and oxygen atoms in total. The molecular formula is C26H36N2O6S8Si2. The maximum Gasteiger partial charge on any atom is 0.500 e. The number of aryl methyl sites for hydroxylation is 2. The van der Waals surface area contributed by atoms with Crippen LogP contribution in [0.4, 0.5) is 0 Å². The van der Waals surface area contributed by atoms with Crippen molar-refractivity contribution in [2.45, 2.75) is 46.5 Å². The van der Waals surface area contributed by atoms with E-state index in [0.717, 1.165) is 57.5 Å². The fraction of sp³-hybridized carbons (Fsp3) is 0.462. The molecule has 0 saturated carbocycles. The molecule has 2 aromatic carbocycles. The van der Waals surface area contributed by atoms with E-state index in [0.29, 0.717) is 0 Å². The number of aromatic nitrogens is 2. The van der Waals surface area contributed by atoms with Gasteiger partial charge in [0.05, 0.1) is 20.4 Å². The van der Waals surface area contributed by atoms with Gasteiger partial charge in [-0.1, -0.05) is 24.3 Å². The summed E-state index contributed by atoms with van der Waals surface area (Å²) in [6.45, 7) is 0. The summed E-state index contributed by atoms with van der Waals surface area (Å²) in [7, 11) is 15.3. The van der Waals surface area contributed by atoms with Crippen molar-refractivity contribution in [2.75, 3.05) is 42.7 Å². The number of rotatable bonds is 21. The molecule has 0 amide bonds. The van der Waals surface area contributed by atoms with Crippen molar-refractivity contribution in [3.63, 3.8) is 0 Å². The first-order chi connectivity index (χ1) is 21.4. The third kappa shape index (κ3) is 10.0. The number of nitrogens with zero attached hydrogens (tertiary/aromatic N) is 2. The van der Waals surface area contributed by atoms with E-state index in [9.17, 15) is 0 Å². The van der Waals surface area contributed by atoms with Crippen molar-refractivity contribution in [1.82, 2.24) is 9.97 Å². The summed E-state index contributed by atoms with van der Waals surface area (Å²) in [5.74, 6) is 0. The molecule has 0 saturated heterocycles. The second kappa shape index (κ2) is 18.9. The lowest BCUT2D eigenvalue weighted by Crippen LogP contribution is -2.42. The zero-order valence-electron chi connectivity index (χ0n) is 25.3. The molecule has 4 rings (SSSR count). The van der Waals surface area contributed by atoms with Crippen molar-refractivity contribution < 1.29 is 26.6 Å². The van der Waals surface area contributed by atoms with Gasteiger partial charge < -0.3 is 26.6 Å². The Balaban J connectivity index is 1.22. The van der Waals surface area contributed by atoms with Crippen LogP contribution in [0.2, 0.25) is 12.1 Å². The van der Waals surface area contributed by atoms with Crippen LogP contribution in [0, 0.1) is 0 Å². The highest BCUT2D eigenvalue weighted by molar-refractivity contribution is 9.41. The van der Waals surface area contributed by atoms with Gasteiger partial charge in [-0.2, -0.15) is 0 Å². The topological polar surface area (TPSA) is 81.2 Å². The van der Waals surface area contributed by atoms with Crippen LogP contribution in [0.3, 0.4) is 0 Å². The standard InChI is InChI=1S/C26H36N2O6S8Si2/c1-29-43(30-2,31-3)17-9-13-19-11-7-15-21-23(19)27-25(35-21)37-39-41-42-40-38-26-28-24-20(12-8-16-22(24)36-26)14-10-18-44(32-4,33-5)34-6/h7-8,11-12,15-16H,9-10,13-14,17-18H2,1-6H3. The van der Waals surface area contributed by atoms with Crippen LogP contribution >= 0.6 is 83.6 Å². The van der Waals surface area contributed by atoms with Crippen LogP contribution in [-0.4, -0.2) is 70.2 Å². The minimum Gasteiger partial charge on any atom is -0.377 e. The normalized spacial score (nSPS) is 12.6. The number of para-hydroxylation sites is 2. The molecule has 4 aromatic rings. The molecule has 0 aliphatic carbocycles. The third-order valence-corrected chi connectivity index (χ3v) is 25.8. The third-order valence-electron chi connectivity index (χ3n) is 6.98. The molecule has 0 bridgehead atoms. The summed E-state index contributed by atoms with van der Waals surface area (Å²) < 4.78 is 38.0. The molecule has 0 radical (unpaired) electrons. The van der Waals surface area contributed by atoms with Gasteiger partial charge in [0, 0.05) is 54.7 Å². The maximum absolute atomic E-state index is 5.57. The minimum absolute atomic E-state index is 0.774. The number of thiazole rings is 2. The molecule has 0 spiro atoms. The number of hydrogen-bond donors (Lipinski definition) is 0. The Labute approximate surface area is 292 Å². The van der Waals surface area contributed by atoms with Crippen molar-refractivity contribution in [1.29, 1.82) is 0 Å². The lowest BCUT2D eigenvalue weighted by atomic mass is 10.1. The van der Waals surface area contributed by atoms with E-state index in [2.05, 4.69) is 36.4 Å². The van der Waals surface area contributed by atoms with E-state index in [1.807, 2.05) is 0 Å². The van der Waals surface area contributed by atoms with Gasteiger partial charge in [0.1, 0.15) is 0 Å². The summed E-state index contributed by atoms with van der Waals surface area (Å²) in [6, 6.07) is 14.4. The van der Waals surface area contributed by atoms with Crippen LogP contribution in [0.15, 0.2) is 45.1 Å². The van der Waals surface area contributed by atoms with Crippen LogP contribution in [0.25, 0.3) is 20.4 Å². The first kappa shape index (κ1) is 37.3.